The molecule has 0 spiro atoms. The van der Waals surface area contributed by atoms with Crippen molar-refractivity contribution >= 4 is 37.5 Å². The molecule has 3 heterocycles. The molecule has 5 rings (SSSR count). The number of rotatable bonds is 5. The van der Waals surface area contributed by atoms with Gasteiger partial charge in [-0.2, -0.15) is 8.42 Å². The van der Waals surface area contributed by atoms with Gasteiger partial charge < -0.3 is 5.32 Å². The van der Waals surface area contributed by atoms with Gasteiger partial charge in [0.15, 0.2) is 0 Å². The molecule has 0 radical (unpaired) electrons. The van der Waals surface area contributed by atoms with Crippen molar-refractivity contribution in [3.8, 4) is 0 Å². The average Bonchev–Trinajstić information content (AvgIpc) is 3.38. The summed E-state index contributed by atoms with van der Waals surface area (Å²) in [5, 5.41) is 4.86. The first-order valence-corrected chi connectivity index (χ1v) is 13.3. The first-order valence-electron chi connectivity index (χ1n) is 11.1. The highest BCUT2D eigenvalue weighted by Crippen LogP contribution is 2.33. The topological polar surface area (TPSA) is 95.4 Å². The molecule has 1 unspecified atom stereocenters. The van der Waals surface area contributed by atoms with Crippen molar-refractivity contribution in [2.24, 2.45) is 0 Å². The maximum atomic E-state index is 10.4. The molecule has 9 heteroatoms. The quantitative estimate of drug-likeness (QED) is 0.378. The van der Waals surface area contributed by atoms with Gasteiger partial charge in [-0.25, -0.2) is 9.97 Å². The summed E-state index contributed by atoms with van der Waals surface area (Å²) in [6.45, 7) is 7.53. The van der Waals surface area contributed by atoms with E-state index >= 15 is 0 Å². The van der Waals surface area contributed by atoms with Gasteiger partial charge in [0, 0.05) is 30.6 Å². The first kappa shape index (κ1) is 24.3. The lowest BCUT2D eigenvalue weighted by Crippen LogP contribution is -2.26. The second-order valence-electron chi connectivity index (χ2n) is 8.32. The van der Waals surface area contributed by atoms with Crippen LogP contribution in [0, 0.1) is 13.8 Å². The SMILES string of the molecule is Cc1sc2ncnc(NC3CCN(Cc4ccccc4)C3)c2c1C.O=S(=O)(O)c1ccccc1. The summed E-state index contributed by atoms with van der Waals surface area (Å²) < 4.78 is 29.2. The number of hydrogen-bond donors (Lipinski definition) is 2. The molecule has 2 aromatic carbocycles. The van der Waals surface area contributed by atoms with Crippen molar-refractivity contribution in [3.05, 3.63) is 83.0 Å². The van der Waals surface area contributed by atoms with Crippen LogP contribution in [0.4, 0.5) is 5.82 Å². The molecule has 34 heavy (non-hydrogen) atoms. The summed E-state index contributed by atoms with van der Waals surface area (Å²) in [4.78, 5) is 13.8. The van der Waals surface area contributed by atoms with E-state index in [4.69, 9.17) is 4.55 Å². The Bertz CT molecular complexity index is 1340. The van der Waals surface area contributed by atoms with E-state index in [0.29, 0.717) is 6.04 Å². The summed E-state index contributed by atoms with van der Waals surface area (Å²) >= 11 is 1.75. The van der Waals surface area contributed by atoms with Crippen LogP contribution in [0.25, 0.3) is 10.2 Å². The third-order valence-corrected chi connectivity index (χ3v) is 7.85. The molecule has 0 bridgehead atoms. The Morgan fingerprint density at radius 1 is 1.06 bits per heavy atom. The van der Waals surface area contributed by atoms with Crippen molar-refractivity contribution in [3.63, 3.8) is 0 Å². The molecule has 1 atom stereocenters. The summed E-state index contributed by atoms with van der Waals surface area (Å²) in [6.07, 6.45) is 2.83. The molecule has 0 amide bonds. The number of anilines is 1. The van der Waals surface area contributed by atoms with Crippen LogP contribution in [-0.2, 0) is 16.7 Å². The number of nitrogens with one attached hydrogen (secondary N) is 1. The Morgan fingerprint density at radius 3 is 2.38 bits per heavy atom. The number of nitrogens with zero attached hydrogens (tertiary/aromatic N) is 3. The Hall–Kier alpha value is -2.85. The molecule has 1 aliphatic rings. The van der Waals surface area contributed by atoms with E-state index in [1.54, 1.807) is 35.9 Å². The number of thiophene rings is 1. The van der Waals surface area contributed by atoms with Crippen molar-refractivity contribution in [1.29, 1.82) is 0 Å². The van der Waals surface area contributed by atoms with E-state index in [0.717, 1.165) is 36.7 Å². The van der Waals surface area contributed by atoms with E-state index in [1.165, 1.54) is 33.5 Å². The summed E-state index contributed by atoms with van der Waals surface area (Å²) in [5.74, 6) is 0.994. The largest absolute Gasteiger partial charge is 0.365 e. The van der Waals surface area contributed by atoms with Crippen molar-refractivity contribution in [1.82, 2.24) is 14.9 Å². The lowest BCUT2D eigenvalue weighted by atomic mass is 10.2. The highest BCUT2D eigenvalue weighted by molar-refractivity contribution is 7.85. The smallest absolute Gasteiger partial charge is 0.294 e. The zero-order valence-corrected chi connectivity index (χ0v) is 20.8. The van der Waals surface area contributed by atoms with Gasteiger partial charge in [0.2, 0.25) is 0 Å². The van der Waals surface area contributed by atoms with Gasteiger partial charge in [-0.1, -0.05) is 48.5 Å². The fourth-order valence-electron chi connectivity index (χ4n) is 4.01. The monoisotopic (exact) mass is 496 g/mol. The normalized spacial score (nSPS) is 16.3. The fraction of sp³-hybridized carbons (Fsp3) is 0.280. The number of aromatic nitrogens is 2. The van der Waals surface area contributed by atoms with Gasteiger partial charge in [-0.05, 0) is 43.5 Å². The van der Waals surface area contributed by atoms with Gasteiger partial charge in [0.05, 0.1) is 10.3 Å². The Morgan fingerprint density at radius 2 is 1.74 bits per heavy atom. The van der Waals surface area contributed by atoms with Crippen LogP contribution < -0.4 is 5.32 Å². The van der Waals surface area contributed by atoms with Gasteiger partial charge >= 0.3 is 0 Å². The number of likely N-dealkylation sites (tertiary alicyclic amines) is 1. The first-order chi connectivity index (χ1) is 16.3. The van der Waals surface area contributed by atoms with Crippen LogP contribution in [0.5, 0.6) is 0 Å². The van der Waals surface area contributed by atoms with Crippen LogP contribution in [-0.4, -0.2) is 47.0 Å². The van der Waals surface area contributed by atoms with Crippen LogP contribution in [0.15, 0.2) is 71.9 Å². The van der Waals surface area contributed by atoms with Crippen LogP contribution >= 0.6 is 11.3 Å². The molecule has 0 saturated carbocycles. The molecule has 1 saturated heterocycles. The van der Waals surface area contributed by atoms with Gasteiger partial charge in [0.25, 0.3) is 10.1 Å². The van der Waals surface area contributed by atoms with Crippen molar-refractivity contribution < 1.29 is 13.0 Å². The summed E-state index contributed by atoms with van der Waals surface area (Å²) in [5.41, 5.74) is 2.68. The van der Waals surface area contributed by atoms with E-state index < -0.39 is 10.1 Å². The predicted octanol–water partition coefficient (Wildman–Crippen LogP) is 4.93. The third-order valence-electron chi connectivity index (χ3n) is 5.87. The van der Waals surface area contributed by atoms with Crippen LogP contribution in [0.2, 0.25) is 0 Å². The minimum atomic E-state index is -4.00. The average molecular weight is 497 g/mol. The second kappa shape index (κ2) is 10.6. The predicted molar refractivity (Wildman–Crippen MR) is 137 cm³/mol. The summed E-state index contributed by atoms with van der Waals surface area (Å²) in [7, 11) is -4.00. The van der Waals surface area contributed by atoms with Gasteiger partial charge in [0.1, 0.15) is 17.0 Å². The van der Waals surface area contributed by atoms with Crippen LogP contribution in [0.1, 0.15) is 22.4 Å². The molecule has 1 fully saturated rings. The minimum Gasteiger partial charge on any atom is -0.365 e. The molecule has 2 N–H and O–H groups in total. The Kier molecular flexibility index (Phi) is 7.57. The standard InChI is InChI=1S/C19H22N4S.C6H6O3S/c1-13-14(2)24-19-17(13)18(20-12-21-19)22-16-8-9-23(11-16)10-15-6-4-3-5-7-15;7-10(8,9)6-4-2-1-3-5-6/h3-7,12,16H,8-11H2,1-2H3,(H,20,21,22);1-5H,(H,7,8,9). The molecule has 0 aliphatic carbocycles. The number of fused-ring (bicyclic) bond motifs is 1. The number of hydrogen-bond acceptors (Lipinski definition) is 7. The lowest BCUT2D eigenvalue weighted by molar-refractivity contribution is 0.328. The lowest BCUT2D eigenvalue weighted by Gasteiger charge is -2.17. The maximum absolute atomic E-state index is 10.4. The number of aryl methyl sites for hydroxylation is 2. The molecular weight excluding hydrogens is 468 g/mol. The highest BCUT2D eigenvalue weighted by atomic mass is 32.2. The molecule has 4 aromatic rings. The fourth-order valence-corrected chi connectivity index (χ4v) is 5.51. The summed E-state index contributed by atoms with van der Waals surface area (Å²) in [6, 6.07) is 18.6. The zero-order chi connectivity index (χ0) is 24.1. The molecule has 178 valence electrons. The van der Waals surface area contributed by atoms with E-state index in [2.05, 4.69) is 64.4 Å². The molecule has 1 aliphatic heterocycles. The Labute approximate surface area is 204 Å². The second-order valence-corrected chi connectivity index (χ2v) is 10.9. The van der Waals surface area contributed by atoms with Crippen LogP contribution in [0.3, 0.4) is 0 Å². The zero-order valence-electron chi connectivity index (χ0n) is 19.2. The third kappa shape index (κ3) is 5.98. The Balaban J connectivity index is 0.000000231. The maximum Gasteiger partial charge on any atom is 0.294 e. The molecule has 7 nitrogen and oxygen atoms in total. The minimum absolute atomic E-state index is 0.0741. The van der Waals surface area contributed by atoms with E-state index in [1.807, 2.05) is 0 Å². The molecular formula is C25H28N4O3S2. The van der Waals surface area contributed by atoms with Crippen molar-refractivity contribution in [2.45, 2.75) is 37.8 Å². The molecule has 2 aromatic heterocycles. The van der Waals surface area contributed by atoms with Crippen molar-refractivity contribution in [2.75, 3.05) is 18.4 Å². The number of benzene rings is 2. The van der Waals surface area contributed by atoms with E-state index in [-0.39, 0.29) is 4.90 Å². The van der Waals surface area contributed by atoms with E-state index in [9.17, 15) is 8.42 Å². The van der Waals surface area contributed by atoms with Gasteiger partial charge in [-0.3, -0.25) is 9.45 Å². The van der Waals surface area contributed by atoms with Gasteiger partial charge in [-0.15, -0.1) is 11.3 Å². The highest BCUT2D eigenvalue weighted by Gasteiger charge is 2.24.